The van der Waals surface area contributed by atoms with Gasteiger partial charge >= 0.3 is 0 Å². The minimum Gasteiger partial charge on any atom is -0.497 e. The molecule has 33 heavy (non-hydrogen) atoms. The summed E-state index contributed by atoms with van der Waals surface area (Å²) in [5, 5.41) is 0.248. The molecule has 2 heterocycles. The highest BCUT2D eigenvalue weighted by Crippen LogP contribution is 2.30. The van der Waals surface area contributed by atoms with Crippen molar-refractivity contribution in [1.29, 1.82) is 0 Å². The molecule has 0 unspecified atom stereocenters. The molecule has 0 aliphatic carbocycles. The lowest BCUT2D eigenvalue weighted by atomic mass is 9.99. The normalized spacial score (nSPS) is 13.5. The van der Waals surface area contributed by atoms with E-state index in [4.69, 9.17) is 4.74 Å². The Morgan fingerprint density at radius 3 is 2.58 bits per heavy atom. The number of nitrogens with zero attached hydrogens (tertiary/aromatic N) is 2. The van der Waals surface area contributed by atoms with Crippen LogP contribution < -0.4 is 9.46 Å². The zero-order chi connectivity index (χ0) is 23.0. The topological polar surface area (TPSA) is 88.6 Å². The molecule has 0 atom stereocenters. The van der Waals surface area contributed by atoms with Crippen LogP contribution in [0, 0.1) is 0 Å². The molecule has 4 aromatic rings. The van der Waals surface area contributed by atoms with E-state index in [2.05, 4.69) is 21.8 Å². The number of benzene rings is 3. The molecule has 7 nitrogen and oxygen atoms in total. The quantitative estimate of drug-likeness (QED) is 0.461. The number of amides is 1. The first-order valence-corrected chi connectivity index (χ1v) is 12.7. The number of thiazole rings is 1. The minimum atomic E-state index is -3.79. The molecule has 1 amide bonds. The van der Waals surface area contributed by atoms with Crippen LogP contribution >= 0.6 is 11.3 Å². The standard InChI is InChI=1S/C24H21N3O4S2/c1-31-19-7-9-20(10-8-19)33(29,30)26-24-25-21-11-6-17(14-22(21)32-24)23(28)27-13-12-16-4-2-3-5-18(16)15-27/h2-11,14H,12-13,15H2,1H3,(H,25,26). The van der Waals surface area contributed by atoms with Gasteiger partial charge in [0.15, 0.2) is 5.13 Å². The molecule has 0 fully saturated rings. The van der Waals surface area contributed by atoms with Crippen LogP contribution in [0.5, 0.6) is 5.75 Å². The summed E-state index contributed by atoms with van der Waals surface area (Å²) in [6, 6.07) is 19.6. The number of rotatable bonds is 5. The third kappa shape index (κ3) is 4.29. The Kier molecular flexibility index (Phi) is 5.51. The summed E-state index contributed by atoms with van der Waals surface area (Å²) < 4.78 is 33.8. The van der Waals surface area contributed by atoms with Gasteiger partial charge < -0.3 is 9.64 Å². The lowest BCUT2D eigenvalue weighted by Gasteiger charge is -2.29. The van der Waals surface area contributed by atoms with E-state index >= 15 is 0 Å². The van der Waals surface area contributed by atoms with Gasteiger partial charge in [0.1, 0.15) is 5.75 Å². The Bertz CT molecular complexity index is 1450. The number of fused-ring (bicyclic) bond motifs is 2. The van der Waals surface area contributed by atoms with Crippen LogP contribution in [0.15, 0.2) is 71.6 Å². The van der Waals surface area contributed by atoms with Crippen LogP contribution in [0.2, 0.25) is 0 Å². The van der Waals surface area contributed by atoms with Crippen molar-refractivity contribution in [2.24, 2.45) is 0 Å². The molecule has 0 saturated carbocycles. The molecular weight excluding hydrogens is 458 g/mol. The van der Waals surface area contributed by atoms with Gasteiger partial charge in [0.05, 0.1) is 22.2 Å². The van der Waals surface area contributed by atoms with Crippen molar-refractivity contribution in [3.8, 4) is 5.75 Å². The van der Waals surface area contributed by atoms with E-state index in [-0.39, 0.29) is 15.9 Å². The number of carbonyl (C=O) groups is 1. The van der Waals surface area contributed by atoms with E-state index in [9.17, 15) is 13.2 Å². The van der Waals surface area contributed by atoms with Gasteiger partial charge in [-0.2, -0.15) is 0 Å². The van der Waals surface area contributed by atoms with Gasteiger partial charge in [-0.1, -0.05) is 35.6 Å². The number of hydrogen-bond donors (Lipinski definition) is 1. The molecule has 0 spiro atoms. The second-order valence-corrected chi connectivity index (χ2v) is 10.4. The largest absolute Gasteiger partial charge is 0.497 e. The molecule has 1 aliphatic heterocycles. The zero-order valence-corrected chi connectivity index (χ0v) is 19.4. The maximum absolute atomic E-state index is 13.1. The summed E-state index contributed by atoms with van der Waals surface area (Å²) in [6.45, 7) is 1.26. The number of ether oxygens (including phenoxy) is 1. The minimum absolute atomic E-state index is 0.0415. The summed E-state index contributed by atoms with van der Waals surface area (Å²) in [7, 11) is -2.27. The molecule has 0 bridgehead atoms. The number of anilines is 1. The molecule has 1 N–H and O–H groups in total. The Labute approximate surface area is 195 Å². The van der Waals surface area contributed by atoms with E-state index in [1.165, 1.54) is 41.7 Å². The van der Waals surface area contributed by atoms with Gasteiger partial charge in [-0.3, -0.25) is 9.52 Å². The summed E-state index contributed by atoms with van der Waals surface area (Å²) >= 11 is 1.20. The predicted molar refractivity (Wildman–Crippen MR) is 128 cm³/mol. The van der Waals surface area contributed by atoms with E-state index in [0.29, 0.717) is 29.9 Å². The summed E-state index contributed by atoms with van der Waals surface area (Å²) in [5.74, 6) is 0.531. The molecule has 9 heteroatoms. The van der Waals surface area contributed by atoms with Crippen LogP contribution in [0.3, 0.4) is 0 Å². The highest BCUT2D eigenvalue weighted by molar-refractivity contribution is 7.93. The van der Waals surface area contributed by atoms with Gasteiger partial charge in [0.2, 0.25) is 0 Å². The van der Waals surface area contributed by atoms with E-state index in [1.54, 1.807) is 30.3 Å². The first kappa shape index (κ1) is 21.4. The average Bonchev–Trinajstić information content (AvgIpc) is 3.24. The first-order chi connectivity index (χ1) is 15.9. The van der Waals surface area contributed by atoms with Crippen molar-refractivity contribution in [3.05, 3.63) is 83.4 Å². The van der Waals surface area contributed by atoms with E-state index < -0.39 is 10.0 Å². The van der Waals surface area contributed by atoms with Crippen LogP contribution in [-0.4, -0.2) is 37.9 Å². The fourth-order valence-corrected chi connectivity index (χ4v) is 6.02. The van der Waals surface area contributed by atoms with Crippen molar-refractivity contribution in [2.75, 3.05) is 18.4 Å². The monoisotopic (exact) mass is 479 g/mol. The predicted octanol–water partition coefficient (Wildman–Crippen LogP) is 4.30. The lowest BCUT2D eigenvalue weighted by molar-refractivity contribution is 0.0735. The maximum atomic E-state index is 13.1. The number of nitrogens with one attached hydrogen (secondary N) is 1. The molecule has 1 aliphatic rings. The second-order valence-electron chi connectivity index (χ2n) is 7.73. The zero-order valence-electron chi connectivity index (χ0n) is 17.8. The Morgan fingerprint density at radius 2 is 1.82 bits per heavy atom. The summed E-state index contributed by atoms with van der Waals surface area (Å²) in [6.07, 6.45) is 0.835. The number of sulfonamides is 1. The Morgan fingerprint density at radius 1 is 1.06 bits per heavy atom. The fourth-order valence-electron chi connectivity index (χ4n) is 3.88. The van der Waals surface area contributed by atoms with Gasteiger partial charge in [0, 0.05) is 18.7 Å². The second kappa shape index (κ2) is 8.49. The molecular formula is C24H21N3O4S2. The highest BCUT2D eigenvalue weighted by atomic mass is 32.2. The average molecular weight is 480 g/mol. The number of aromatic nitrogens is 1. The number of carbonyl (C=O) groups excluding carboxylic acids is 1. The number of methoxy groups -OCH3 is 1. The molecule has 1 aromatic heterocycles. The van der Waals surface area contributed by atoms with Crippen LogP contribution in [0.4, 0.5) is 5.13 Å². The molecule has 0 radical (unpaired) electrons. The van der Waals surface area contributed by atoms with Gasteiger partial charge in [-0.05, 0) is 60.0 Å². The van der Waals surface area contributed by atoms with Gasteiger partial charge in [-0.25, -0.2) is 13.4 Å². The maximum Gasteiger partial charge on any atom is 0.263 e. The molecule has 0 saturated heterocycles. The van der Waals surface area contributed by atoms with Crippen molar-refractivity contribution in [1.82, 2.24) is 9.88 Å². The molecule has 168 valence electrons. The number of hydrogen-bond acceptors (Lipinski definition) is 6. The highest BCUT2D eigenvalue weighted by Gasteiger charge is 2.22. The van der Waals surface area contributed by atoms with Crippen LogP contribution in [-0.2, 0) is 23.0 Å². The SMILES string of the molecule is COc1ccc(S(=O)(=O)Nc2nc3ccc(C(=O)N4CCc5ccccc5C4)cc3s2)cc1. The van der Waals surface area contributed by atoms with Gasteiger partial charge in [-0.15, -0.1) is 0 Å². The third-order valence-electron chi connectivity index (χ3n) is 5.64. The first-order valence-electron chi connectivity index (χ1n) is 10.4. The van der Waals surface area contributed by atoms with Crippen molar-refractivity contribution >= 4 is 42.6 Å². The van der Waals surface area contributed by atoms with Crippen molar-refractivity contribution in [3.63, 3.8) is 0 Å². The Balaban J connectivity index is 1.36. The molecule has 3 aromatic carbocycles. The Hall–Kier alpha value is -3.43. The van der Waals surface area contributed by atoms with Crippen molar-refractivity contribution < 1.29 is 17.9 Å². The van der Waals surface area contributed by atoms with Gasteiger partial charge in [0.25, 0.3) is 15.9 Å². The molecule has 5 rings (SSSR count). The summed E-state index contributed by atoms with van der Waals surface area (Å²) in [5.41, 5.74) is 3.66. The van der Waals surface area contributed by atoms with Crippen LogP contribution in [0.25, 0.3) is 10.2 Å². The van der Waals surface area contributed by atoms with Crippen molar-refractivity contribution in [2.45, 2.75) is 17.9 Å². The lowest BCUT2D eigenvalue weighted by Crippen LogP contribution is -2.35. The summed E-state index contributed by atoms with van der Waals surface area (Å²) in [4.78, 5) is 19.5. The fraction of sp³-hybridized carbons (Fsp3) is 0.167. The van der Waals surface area contributed by atoms with E-state index in [1.807, 2.05) is 17.0 Å². The van der Waals surface area contributed by atoms with E-state index in [0.717, 1.165) is 11.1 Å². The van der Waals surface area contributed by atoms with Crippen LogP contribution in [0.1, 0.15) is 21.5 Å². The smallest absolute Gasteiger partial charge is 0.263 e. The third-order valence-corrected chi connectivity index (χ3v) is 8.06.